The molecule has 146 valence electrons. The van der Waals surface area contributed by atoms with E-state index in [1.807, 2.05) is 19.9 Å². The minimum Gasteiger partial charge on any atom is -0.464 e. The molecule has 2 aromatic rings. The second kappa shape index (κ2) is 7.39. The van der Waals surface area contributed by atoms with Crippen LogP contribution in [0.2, 0.25) is 0 Å². The van der Waals surface area contributed by atoms with Crippen LogP contribution in [0.3, 0.4) is 0 Å². The number of cyclic esters (lactones) is 1. The summed E-state index contributed by atoms with van der Waals surface area (Å²) in [5.74, 6) is -0.114. The third kappa shape index (κ3) is 3.27. The van der Waals surface area contributed by atoms with Crippen molar-refractivity contribution in [2.75, 3.05) is 25.0 Å². The minimum atomic E-state index is -0.909. The van der Waals surface area contributed by atoms with Gasteiger partial charge in [0.05, 0.1) is 6.61 Å². The lowest BCUT2D eigenvalue weighted by molar-refractivity contribution is -0.140. The second-order valence-electron chi connectivity index (χ2n) is 6.70. The first kappa shape index (κ1) is 18.9. The summed E-state index contributed by atoms with van der Waals surface area (Å²) in [5, 5.41) is 3.09. The van der Waals surface area contributed by atoms with E-state index in [0.29, 0.717) is 32.0 Å². The highest BCUT2D eigenvalue weighted by molar-refractivity contribution is 5.78. The van der Waals surface area contributed by atoms with E-state index in [1.54, 1.807) is 4.57 Å². The van der Waals surface area contributed by atoms with Crippen LogP contribution in [0.1, 0.15) is 26.3 Å². The van der Waals surface area contributed by atoms with Crippen molar-refractivity contribution in [1.82, 2.24) is 18.7 Å². The van der Waals surface area contributed by atoms with Crippen LogP contribution in [0, 0.1) is 0 Å². The topological polar surface area (TPSA) is 126 Å². The Balaban J connectivity index is 2.30. The maximum Gasteiger partial charge on any atom is 0.333 e. The molecule has 10 nitrogen and oxygen atoms in total. The highest BCUT2D eigenvalue weighted by atomic mass is 16.5. The number of fused-ring (bicyclic) bond motifs is 1. The maximum atomic E-state index is 13.2. The highest BCUT2D eigenvalue weighted by Crippen LogP contribution is 2.20. The number of esters is 1. The third-order valence-corrected chi connectivity index (χ3v) is 4.51. The molecule has 3 N–H and O–H groups in total. The summed E-state index contributed by atoms with van der Waals surface area (Å²) in [6, 6.07) is -0.909. The van der Waals surface area contributed by atoms with E-state index in [1.165, 1.54) is 11.6 Å². The van der Waals surface area contributed by atoms with Crippen molar-refractivity contribution in [2.45, 2.75) is 32.9 Å². The number of aryl methyl sites for hydroxylation is 1. The Hall–Kier alpha value is -2.88. The molecule has 3 rings (SSSR count). The van der Waals surface area contributed by atoms with E-state index in [9.17, 15) is 14.4 Å². The number of rotatable bonds is 6. The van der Waals surface area contributed by atoms with Crippen molar-refractivity contribution in [3.8, 4) is 0 Å². The van der Waals surface area contributed by atoms with Gasteiger partial charge < -0.3 is 20.4 Å². The number of hydrogen-bond acceptors (Lipinski definition) is 7. The van der Waals surface area contributed by atoms with Crippen molar-refractivity contribution >= 4 is 23.1 Å². The van der Waals surface area contributed by atoms with Crippen molar-refractivity contribution in [3.63, 3.8) is 0 Å². The van der Waals surface area contributed by atoms with Crippen molar-refractivity contribution in [3.05, 3.63) is 32.5 Å². The molecule has 1 saturated heterocycles. The Kier molecular flexibility index (Phi) is 5.17. The Morgan fingerprint density at radius 2 is 2.11 bits per heavy atom. The lowest BCUT2D eigenvalue weighted by atomic mass is 10.2. The van der Waals surface area contributed by atoms with Gasteiger partial charge in [0.15, 0.2) is 11.2 Å². The lowest BCUT2D eigenvalue weighted by Gasteiger charge is -2.12. The summed E-state index contributed by atoms with van der Waals surface area (Å²) in [6.45, 7) is 5.35. The van der Waals surface area contributed by atoms with Gasteiger partial charge in [-0.25, -0.2) is 14.2 Å². The quantitative estimate of drug-likeness (QED) is 0.524. The number of nitrogens with zero attached hydrogens (tertiary/aromatic N) is 4. The first-order chi connectivity index (χ1) is 12.9. The summed E-state index contributed by atoms with van der Waals surface area (Å²) in [6.07, 6.45) is 2.24. The smallest absolute Gasteiger partial charge is 0.333 e. The van der Waals surface area contributed by atoms with Crippen LogP contribution in [0.15, 0.2) is 21.2 Å². The van der Waals surface area contributed by atoms with Crippen LogP contribution in [0.5, 0.6) is 0 Å². The Bertz CT molecular complexity index is 1020. The molecule has 1 aliphatic heterocycles. The summed E-state index contributed by atoms with van der Waals surface area (Å²) >= 11 is 0. The van der Waals surface area contributed by atoms with Gasteiger partial charge in [-0.05, 0) is 13.8 Å². The molecule has 1 atom stereocenters. The van der Waals surface area contributed by atoms with Gasteiger partial charge >= 0.3 is 11.7 Å². The van der Waals surface area contributed by atoms with Gasteiger partial charge in [0, 0.05) is 33.1 Å². The second-order valence-corrected chi connectivity index (χ2v) is 6.70. The number of carbonyl (C=O) groups is 1. The number of anilines is 1. The number of carbonyl (C=O) groups excluding carboxylic acids is 1. The molecular weight excluding hydrogens is 352 g/mol. The summed E-state index contributed by atoms with van der Waals surface area (Å²) in [7, 11) is 1.53. The number of ether oxygens (including phenoxy) is 1. The van der Waals surface area contributed by atoms with E-state index < -0.39 is 23.3 Å². The van der Waals surface area contributed by atoms with Crippen LogP contribution < -0.4 is 22.3 Å². The van der Waals surface area contributed by atoms with E-state index in [0.717, 1.165) is 10.1 Å². The Labute approximate surface area is 155 Å². The normalized spacial score (nSPS) is 16.6. The molecule has 0 aliphatic carbocycles. The first-order valence-corrected chi connectivity index (χ1v) is 8.82. The lowest BCUT2D eigenvalue weighted by Crippen LogP contribution is -2.43. The molecule has 2 aromatic heterocycles. The molecule has 1 fully saturated rings. The van der Waals surface area contributed by atoms with E-state index >= 15 is 0 Å². The van der Waals surface area contributed by atoms with E-state index in [-0.39, 0.29) is 17.8 Å². The van der Waals surface area contributed by atoms with Gasteiger partial charge in [-0.15, -0.1) is 0 Å². The van der Waals surface area contributed by atoms with E-state index in [2.05, 4.69) is 10.3 Å². The predicted octanol–water partition coefficient (Wildman–Crippen LogP) is -0.278. The van der Waals surface area contributed by atoms with Crippen LogP contribution in [-0.4, -0.2) is 44.4 Å². The fourth-order valence-corrected chi connectivity index (χ4v) is 3.10. The fourth-order valence-electron chi connectivity index (χ4n) is 3.10. The molecule has 1 unspecified atom stereocenters. The molecule has 0 radical (unpaired) electrons. The zero-order valence-electron chi connectivity index (χ0n) is 15.7. The summed E-state index contributed by atoms with van der Waals surface area (Å²) < 4.78 is 8.91. The van der Waals surface area contributed by atoms with Crippen LogP contribution in [-0.2, 0) is 23.1 Å². The SMILES string of the molecule is CC(C)=CCn1c(NCCN)nc2c1c(=O)n(C1CCOC1=O)c(=O)n2C. The highest BCUT2D eigenvalue weighted by Gasteiger charge is 2.33. The van der Waals surface area contributed by atoms with Gasteiger partial charge in [-0.3, -0.25) is 9.36 Å². The monoisotopic (exact) mass is 376 g/mol. The molecule has 0 amide bonds. The fraction of sp³-hybridized carbons (Fsp3) is 0.529. The van der Waals surface area contributed by atoms with Gasteiger partial charge in [0.2, 0.25) is 5.95 Å². The number of aromatic nitrogens is 4. The van der Waals surface area contributed by atoms with Crippen LogP contribution >= 0.6 is 0 Å². The predicted molar refractivity (Wildman–Crippen MR) is 101 cm³/mol. The number of nitrogens with two attached hydrogens (primary N) is 1. The number of hydrogen-bond donors (Lipinski definition) is 2. The average Bonchev–Trinajstić information content (AvgIpc) is 3.20. The van der Waals surface area contributed by atoms with Gasteiger partial charge in [0.1, 0.15) is 6.04 Å². The number of nitrogens with one attached hydrogen (secondary N) is 1. The molecule has 0 bridgehead atoms. The Morgan fingerprint density at radius 3 is 2.70 bits per heavy atom. The molecule has 3 heterocycles. The van der Waals surface area contributed by atoms with Gasteiger partial charge in [-0.1, -0.05) is 11.6 Å². The third-order valence-electron chi connectivity index (χ3n) is 4.51. The maximum absolute atomic E-state index is 13.2. The molecule has 10 heteroatoms. The molecule has 1 aliphatic rings. The molecule has 0 saturated carbocycles. The largest absolute Gasteiger partial charge is 0.464 e. The zero-order chi connectivity index (χ0) is 19.7. The first-order valence-electron chi connectivity index (χ1n) is 8.82. The van der Waals surface area contributed by atoms with Crippen LogP contribution in [0.4, 0.5) is 5.95 Å². The van der Waals surface area contributed by atoms with Crippen molar-refractivity contribution in [1.29, 1.82) is 0 Å². The Morgan fingerprint density at radius 1 is 1.37 bits per heavy atom. The minimum absolute atomic E-state index is 0.192. The molecule has 0 spiro atoms. The standard InChI is InChI=1S/C17H24N6O4/c1-10(2)4-8-22-12-13(20-16(22)19-7-6-18)21(3)17(26)23(14(12)24)11-5-9-27-15(11)25/h4,11H,5-9,18H2,1-3H3,(H,19,20). The van der Waals surface area contributed by atoms with E-state index in [4.69, 9.17) is 10.5 Å². The van der Waals surface area contributed by atoms with Gasteiger partial charge in [0.25, 0.3) is 5.56 Å². The van der Waals surface area contributed by atoms with Gasteiger partial charge in [-0.2, -0.15) is 4.98 Å². The zero-order valence-corrected chi connectivity index (χ0v) is 15.7. The van der Waals surface area contributed by atoms with Crippen molar-refractivity contribution < 1.29 is 9.53 Å². The summed E-state index contributed by atoms with van der Waals surface area (Å²) in [5.41, 5.74) is 6.02. The van der Waals surface area contributed by atoms with Crippen molar-refractivity contribution in [2.24, 2.45) is 12.8 Å². The molecule has 27 heavy (non-hydrogen) atoms. The number of allylic oxidation sites excluding steroid dienone is 2. The summed E-state index contributed by atoms with van der Waals surface area (Å²) in [4.78, 5) is 42.4. The number of imidazole rings is 1. The molecular formula is C17H24N6O4. The molecule has 0 aromatic carbocycles. The average molecular weight is 376 g/mol. The van der Waals surface area contributed by atoms with Crippen LogP contribution in [0.25, 0.3) is 11.2 Å².